The Kier molecular flexibility index (Phi) is 3.47. The molecule has 0 spiro atoms. The van der Waals surface area contributed by atoms with E-state index >= 15 is 0 Å². The first-order valence-corrected chi connectivity index (χ1v) is 9.27. The van der Waals surface area contributed by atoms with Crippen LogP contribution in [0.5, 0.6) is 0 Å². The molecular weight excluding hydrogens is 342 g/mol. The maximum absolute atomic E-state index is 11.0. The summed E-state index contributed by atoms with van der Waals surface area (Å²) in [6, 6.07) is 5.57. The quantitative estimate of drug-likeness (QED) is 0.692. The van der Waals surface area contributed by atoms with E-state index in [1.165, 1.54) is 11.3 Å². The van der Waals surface area contributed by atoms with Gasteiger partial charge in [0.05, 0.1) is 6.04 Å². The van der Waals surface area contributed by atoms with E-state index in [9.17, 15) is 4.79 Å². The average Bonchev–Trinajstić information content (AvgIpc) is 3.36. The van der Waals surface area contributed by atoms with E-state index in [0.29, 0.717) is 17.3 Å². The summed E-state index contributed by atoms with van der Waals surface area (Å²) in [5.41, 5.74) is 6.22. The second-order valence-corrected chi connectivity index (χ2v) is 8.26. The number of carbonyl (C=O) groups excluding carboxylic acids is 1. The summed E-state index contributed by atoms with van der Waals surface area (Å²) in [5.74, 6) is 1.08. The van der Waals surface area contributed by atoms with Gasteiger partial charge in [-0.15, -0.1) is 0 Å². The molecular formula is C20H21N5O2. The van der Waals surface area contributed by atoms with Gasteiger partial charge in [-0.2, -0.15) is 10.1 Å². The Hall–Kier alpha value is -2.96. The van der Waals surface area contributed by atoms with Crippen LogP contribution in [-0.4, -0.2) is 26.6 Å². The van der Waals surface area contributed by atoms with Gasteiger partial charge < -0.3 is 9.84 Å². The normalized spacial score (nSPS) is 20.0. The zero-order valence-electron chi connectivity index (χ0n) is 15.4. The molecule has 2 aliphatic rings. The Morgan fingerprint density at radius 1 is 1.33 bits per heavy atom. The molecule has 0 saturated heterocycles. The van der Waals surface area contributed by atoms with Crippen LogP contribution in [0.25, 0.3) is 11.6 Å². The molecule has 5 rings (SSSR count). The number of aldehydes is 1. The third-order valence-electron chi connectivity index (χ3n) is 5.64. The number of hydrogen-bond acceptors (Lipinski definition) is 6. The first kappa shape index (κ1) is 16.2. The molecule has 1 unspecified atom stereocenters. The van der Waals surface area contributed by atoms with Gasteiger partial charge in [0.15, 0.2) is 11.5 Å². The van der Waals surface area contributed by atoms with Crippen molar-refractivity contribution in [1.29, 1.82) is 0 Å². The van der Waals surface area contributed by atoms with Crippen LogP contribution >= 0.6 is 0 Å². The van der Waals surface area contributed by atoms with E-state index in [1.54, 1.807) is 6.07 Å². The highest BCUT2D eigenvalue weighted by Gasteiger charge is 2.32. The number of benzene rings is 1. The number of aromatic amines is 1. The number of rotatable bonds is 3. The number of H-pyrrole nitrogens is 1. The third kappa shape index (κ3) is 2.74. The summed E-state index contributed by atoms with van der Waals surface area (Å²) in [7, 11) is 0. The topological polar surface area (TPSA) is 96.7 Å². The van der Waals surface area contributed by atoms with Crippen LogP contribution in [0.3, 0.4) is 0 Å². The highest BCUT2D eigenvalue weighted by atomic mass is 16.5. The van der Waals surface area contributed by atoms with Crippen LogP contribution in [0.15, 0.2) is 22.7 Å². The fourth-order valence-electron chi connectivity index (χ4n) is 4.11. The number of carbonyl (C=O) groups is 1. The van der Waals surface area contributed by atoms with Gasteiger partial charge >= 0.3 is 0 Å². The van der Waals surface area contributed by atoms with Crippen LogP contribution in [0.4, 0.5) is 5.69 Å². The van der Waals surface area contributed by atoms with Gasteiger partial charge in [-0.25, -0.2) is 0 Å². The number of anilines is 1. The lowest BCUT2D eigenvalue weighted by Crippen LogP contribution is -2.21. The number of hydrogen-bond donors (Lipinski definition) is 2. The monoisotopic (exact) mass is 363 g/mol. The second kappa shape index (κ2) is 5.77. The Morgan fingerprint density at radius 2 is 2.22 bits per heavy atom. The van der Waals surface area contributed by atoms with E-state index in [4.69, 9.17) is 4.52 Å². The molecule has 1 atom stereocenters. The van der Waals surface area contributed by atoms with Crippen LogP contribution in [-0.2, 0) is 19.3 Å². The van der Waals surface area contributed by atoms with Crippen LogP contribution in [0.2, 0.25) is 0 Å². The Morgan fingerprint density at radius 3 is 3.07 bits per heavy atom. The lowest BCUT2D eigenvalue weighted by atomic mass is 9.76. The highest BCUT2D eigenvalue weighted by Crippen LogP contribution is 2.38. The van der Waals surface area contributed by atoms with Gasteiger partial charge in [0.2, 0.25) is 0 Å². The summed E-state index contributed by atoms with van der Waals surface area (Å²) in [5, 5.41) is 15.2. The van der Waals surface area contributed by atoms with Gasteiger partial charge in [0.25, 0.3) is 5.89 Å². The first-order chi connectivity index (χ1) is 13.0. The highest BCUT2D eigenvalue weighted by molar-refractivity contribution is 5.77. The summed E-state index contributed by atoms with van der Waals surface area (Å²) >= 11 is 0. The molecule has 1 aliphatic heterocycles. The molecule has 0 radical (unpaired) electrons. The van der Waals surface area contributed by atoms with Crippen molar-refractivity contribution in [3.63, 3.8) is 0 Å². The lowest BCUT2D eigenvalue weighted by Gasteiger charge is -2.28. The molecule has 3 aromatic rings. The minimum Gasteiger partial charge on any atom is -0.374 e. The van der Waals surface area contributed by atoms with E-state index in [2.05, 4.69) is 39.5 Å². The predicted octanol–water partition coefficient (Wildman–Crippen LogP) is 3.50. The summed E-state index contributed by atoms with van der Waals surface area (Å²) in [6.45, 7) is 4.56. The van der Waals surface area contributed by atoms with Crippen LogP contribution in [0.1, 0.15) is 59.3 Å². The summed E-state index contributed by atoms with van der Waals surface area (Å²) in [4.78, 5) is 15.6. The van der Waals surface area contributed by atoms with Gasteiger partial charge in [-0.3, -0.25) is 9.89 Å². The smallest absolute Gasteiger partial charge is 0.278 e. The fourth-order valence-corrected chi connectivity index (χ4v) is 4.11. The Labute approximate surface area is 156 Å². The molecule has 7 heteroatoms. The van der Waals surface area contributed by atoms with Gasteiger partial charge in [-0.1, -0.05) is 19.0 Å². The Balaban J connectivity index is 1.40. The molecule has 27 heavy (non-hydrogen) atoms. The molecule has 1 aliphatic carbocycles. The molecule has 0 amide bonds. The molecule has 0 saturated carbocycles. The molecule has 2 N–H and O–H groups in total. The SMILES string of the molecule is CC1(C)CCc2c(-c3nc(C4Cc5cc(C=O)ccc5N4)no3)n[nH]c2C1. The van der Waals surface area contributed by atoms with Crippen molar-refractivity contribution in [2.24, 2.45) is 5.41 Å². The maximum atomic E-state index is 11.0. The van der Waals surface area contributed by atoms with Crippen LogP contribution < -0.4 is 5.32 Å². The molecule has 1 aromatic carbocycles. The minimum absolute atomic E-state index is 0.0619. The number of nitrogens with one attached hydrogen (secondary N) is 2. The van der Waals surface area contributed by atoms with Crippen molar-refractivity contribution in [1.82, 2.24) is 20.3 Å². The van der Waals surface area contributed by atoms with Crippen molar-refractivity contribution < 1.29 is 9.32 Å². The standard InChI is InChI=1S/C20H21N5O2/c1-20(2)6-5-13-16(9-20)23-24-17(13)19-22-18(25-27-19)15-8-12-7-11(10-26)3-4-14(12)21-15/h3-4,7,10,15,21H,5-6,8-9H2,1-2H3,(H,23,24). The van der Waals surface area contributed by atoms with Crippen molar-refractivity contribution in [3.8, 4) is 11.6 Å². The van der Waals surface area contributed by atoms with E-state index < -0.39 is 0 Å². The second-order valence-electron chi connectivity index (χ2n) is 8.26. The molecule has 7 nitrogen and oxygen atoms in total. The largest absolute Gasteiger partial charge is 0.374 e. The van der Waals surface area contributed by atoms with E-state index in [-0.39, 0.29) is 11.5 Å². The summed E-state index contributed by atoms with van der Waals surface area (Å²) in [6.07, 6.45) is 4.65. The van der Waals surface area contributed by atoms with Crippen molar-refractivity contribution in [3.05, 3.63) is 46.4 Å². The van der Waals surface area contributed by atoms with Crippen LogP contribution in [0, 0.1) is 5.41 Å². The molecule has 0 bridgehead atoms. The zero-order chi connectivity index (χ0) is 18.6. The fraction of sp³-hybridized carbons (Fsp3) is 0.400. The van der Waals surface area contributed by atoms with Crippen molar-refractivity contribution in [2.75, 3.05) is 5.32 Å². The predicted molar refractivity (Wildman–Crippen MR) is 99.6 cm³/mol. The van der Waals surface area contributed by atoms with E-state index in [0.717, 1.165) is 48.9 Å². The van der Waals surface area contributed by atoms with Crippen molar-refractivity contribution in [2.45, 2.75) is 45.6 Å². The summed E-state index contributed by atoms with van der Waals surface area (Å²) < 4.78 is 5.54. The van der Waals surface area contributed by atoms with E-state index in [1.807, 2.05) is 12.1 Å². The molecule has 138 valence electrons. The number of fused-ring (bicyclic) bond motifs is 2. The Bertz CT molecular complexity index is 1030. The molecule has 0 fully saturated rings. The zero-order valence-corrected chi connectivity index (χ0v) is 15.4. The minimum atomic E-state index is -0.0619. The third-order valence-corrected chi connectivity index (χ3v) is 5.64. The maximum Gasteiger partial charge on any atom is 0.278 e. The lowest BCUT2D eigenvalue weighted by molar-refractivity contribution is 0.112. The van der Waals surface area contributed by atoms with Gasteiger partial charge in [0, 0.05) is 28.9 Å². The first-order valence-electron chi connectivity index (χ1n) is 9.27. The van der Waals surface area contributed by atoms with Gasteiger partial charge in [0.1, 0.15) is 6.29 Å². The number of nitrogens with zero attached hydrogens (tertiary/aromatic N) is 3. The van der Waals surface area contributed by atoms with Gasteiger partial charge in [-0.05, 0) is 48.4 Å². The number of aromatic nitrogens is 4. The van der Waals surface area contributed by atoms with Crippen molar-refractivity contribution >= 4 is 12.0 Å². The molecule has 3 heterocycles. The average molecular weight is 363 g/mol. The molecule has 2 aromatic heterocycles.